The van der Waals surface area contributed by atoms with Crippen LogP contribution >= 0.6 is 0 Å². The highest BCUT2D eigenvalue weighted by molar-refractivity contribution is 6.09. The zero-order chi connectivity index (χ0) is 59.1. The predicted octanol–water partition coefficient (Wildman–Crippen LogP) is 16.5. The van der Waals surface area contributed by atoms with Crippen molar-refractivity contribution in [2.75, 3.05) is 16.5 Å². The van der Waals surface area contributed by atoms with Gasteiger partial charge in [0.25, 0.3) is 5.92 Å². The van der Waals surface area contributed by atoms with Crippen molar-refractivity contribution < 1.29 is 29.3 Å². The first-order chi connectivity index (χ1) is 38.7. The van der Waals surface area contributed by atoms with Crippen molar-refractivity contribution in [3.8, 4) is 39.2 Å². The van der Waals surface area contributed by atoms with Crippen molar-refractivity contribution in [2.24, 2.45) is 0 Å². The second-order valence-electron chi connectivity index (χ2n) is 17.6. The number of aromatic nitrogens is 2. The maximum Gasteiger partial charge on any atom is 0.298 e. The van der Waals surface area contributed by atoms with Crippen LogP contribution in [0.5, 0.6) is 0 Å². The zero-order valence-corrected chi connectivity index (χ0v) is 37.1. The van der Waals surface area contributed by atoms with E-state index in [1.165, 1.54) is 44.2 Å². The third-order valence-corrected chi connectivity index (χ3v) is 12.6. The molecule has 2 aromatic heterocycles. The number of rotatable bonds is 8. The zero-order valence-electron chi connectivity index (χ0n) is 52.1. The van der Waals surface area contributed by atoms with Crippen LogP contribution < -0.4 is 9.80 Å². The van der Waals surface area contributed by atoms with Gasteiger partial charge in [0.1, 0.15) is 12.5 Å². The van der Waals surface area contributed by atoms with E-state index in [4.69, 9.17) is 17.3 Å². The molecule has 0 spiro atoms. The van der Waals surface area contributed by atoms with Crippen LogP contribution in [0.3, 0.4) is 0 Å². The largest absolute Gasteiger partial charge is 0.321 e. The van der Waals surface area contributed by atoms with Gasteiger partial charge in [-0.3, -0.25) is 4.57 Å². The summed E-state index contributed by atoms with van der Waals surface area (Å²) in [5, 5.41) is 1.60. The van der Waals surface area contributed by atoms with Gasteiger partial charge in [0.05, 0.1) is 48.7 Å². The monoisotopic (exact) mass is 891 g/mol. The lowest BCUT2D eigenvalue weighted by Gasteiger charge is -2.31. The van der Waals surface area contributed by atoms with Gasteiger partial charge in [-0.1, -0.05) is 166 Å². The summed E-state index contributed by atoms with van der Waals surface area (Å²) in [6, 6.07) is 18.1. The van der Waals surface area contributed by atoms with E-state index in [9.17, 15) is 8.22 Å². The number of pyridine rings is 1. The number of benzene rings is 8. The van der Waals surface area contributed by atoms with Crippen LogP contribution in [0.2, 0.25) is 0 Å². The van der Waals surface area contributed by atoms with Crippen LogP contribution in [0.4, 0.5) is 31.5 Å². The van der Waals surface area contributed by atoms with Gasteiger partial charge in [-0.2, -0.15) is 8.78 Å². The summed E-state index contributed by atoms with van der Waals surface area (Å²) in [4.78, 5) is 8.09. The Labute approximate surface area is 412 Å². The highest BCUT2D eigenvalue weighted by Gasteiger charge is 2.38. The molecule has 0 radical (unpaired) electrons. The molecule has 0 atom stereocenters. The minimum Gasteiger partial charge on any atom is -0.321 e. The van der Waals surface area contributed by atoms with E-state index in [-0.39, 0.29) is 68.0 Å². The van der Waals surface area contributed by atoms with Crippen LogP contribution in [0.25, 0.3) is 61.0 Å². The average Bonchev–Trinajstić information content (AvgIpc) is 1.49. The first-order valence-electron chi connectivity index (χ1n) is 29.2. The third-order valence-electron chi connectivity index (χ3n) is 12.6. The van der Waals surface area contributed by atoms with Crippen molar-refractivity contribution in [1.82, 2.24) is 9.55 Å². The van der Waals surface area contributed by atoms with E-state index in [1.807, 2.05) is 41.0 Å². The van der Waals surface area contributed by atoms with Gasteiger partial charge in [-0.05, 0) is 107 Å². The Morgan fingerprint density at radius 2 is 1.07 bits per heavy atom. The highest BCUT2D eigenvalue weighted by Crippen LogP contribution is 2.54. The van der Waals surface area contributed by atoms with E-state index >= 15 is 8.78 Å². The fraction of sp³-hybridized carbons (Fsp3) is 0.131. The summed E-state index contributed by atoms with van der Waals surface area (Å²) in [6.07, 6.45) is 1.72. The number of fused-ring (bicyclic) bond motifs is 4. The van der Waals surface area contributed by atoms with E-state index in [0.29, 0.717) is 22.7 Å². The molecule has 67 heavy (non-hydrogen) atoms. The number of nitrogens with zero attached hydrogens (tertiary/aromatic N) is 4. The maximum atomic E-state index is 17.7. The molecule has 0 fully saturated rings. The molecular formula is C61H50F2N4. The number of anilines is 4. The molecule has 0 unspecified atom stereocenters. The Bertz CT molecular complexity index is 4220. The summed E-state index contributed by atoms with van der Waals surface area (Å²) in [7, 11) is 0. The maximum absolute atomic E-state index is 17.7. The molecule has 4 nitrogen and oxygen atoms in total. The normalized spacial score (nSPS) is 16.0. The Morgan fingerprint density at radius 3 is 1.70 bits per heavy atom. The molecule has 0 amide bonds. The first-order valence-corrected chi connectivity index (χ1v) is 21.7. The minimum absolute atomic E-state index is 0.0481. The van der Waals surface area contributed by atoms with Crippen LogP contribution in [0.15, 0.2) is 200 Å². The van der Waals surface area contributed by atoms with Crippen molar-refractivity contribution >= 4 is 44.6 Å². The van der Waals surface area contributed by atoms with Crippen LogP contribution in [-0.2, 0) is 11.3 Å². The van der Waals surface area contributed by atoms with E-state index < -0.39 is 108 Å². The fourth-order valence-electron chi connectivity index (χ4n) is 9.48. The molecule has 6 heteroatoms. The van der Waals surface area contributed by atoms with Gasteiger partial charge in [-0.25, -0.2) is 4.98 Å². The minimum atomic E-state index is -3.61. The Morgan fingerprint density at radius 1 is 0.522 bits per heavy atom. The molecule has 1 aliphatic heterocycles. The summed E-state index contributed by atoms with van der Waals surface area (Å²) < 4.78 is 172. The van der Waals surface area contributed by atoms with Gasteiger partial charge < -0.3 is 9.80 Å². The summed E-state index contributed by atoms with van der Waals surface area (Å²) in [6.45, 7) is 8.98. The van der Waals surface area contributed by atoms with E-state index in [2.05, 4.69) is 20.8 Å². The van der Waals surface area contributed by atoms with Crippen molar-refractivity contribution in [3.05, 3.63) is 228 Å². The highest BCUT2D eigenvalue weighted by atomic mass is 19.3. The topological polar surface area (TPSA) is 24.3 Å². The molecule has 1 aliphatic rings. The Hall–Kier alpha value is -7.83. The standard InChI is InChI=1S/C61H50F2N4/c1-40-56(42-20-9-6-10-21-42)41(2)58(44-24-13-8-14-25-44)59(57(40)43-22-11-7-12-23-43)66-39-65(52-30-17-18-31-53(52)66)48-27-19-26-46(36-48)61(62,63)47-32-33-50-49-28-15-16-29-51(49)67(54(50)37-47)55-38-45(34-35-64-55)60(3,4)5/h6-38H,39H2,1-5H3/i6D,7D,8D,9D,10D,11D,12D,13D,14D,20D,21D,22D,23D,24D,25D. The van der Waals surface area contributed by atoms with Crippen LogP contribution in [-0.4, -0.2) is 16.2 Å². The average molecular weight is 892 g/mol. The van der Waals surface area contributed by atoms with Gasteiger partial charge in [0.15, 0.2) is 0 Å². The molecule has 11 rings (SSSR count). The molecule has 328 valence electrons. The van der Waals surface area contributed by atoms with Gasteiger partial charge in [0.2, 0.25) is 0 Å². The first kappa shape index (κ1) is 28.3. The third kappa shape index (κ3) is 7.07. The molecule has 0 saturated heterocycles. The number of alkyl halides is 2. The fourth-order valence-corrected chi connectivity index (χ4v) is 9.48. The molecule has 0 saturated carbocycles. The number of hydrogen-bond acceptors (Lipinski definition) is 3. The van der Waals surface area contributed by atoms with Crippen molar-refractivity contribution in [3.63, 3.8) is 0 Å². The summed E-state index contributed by atoms with van der Waals surface area (Å²) in [5.41, 5.74) is 0.945. The quantitative estimate of drug-likeness (QED) is 0.152. The lowest BCUT2D eigenvalue weighted by atomic mass is 9.82. The molecule has 0 N–H and O–H groups in total. The van der Waals surface area contributed by atoms with E-state index in [0.717, 1.165) is 21.9 Å². The second-order valence-corrected chi connectivity index (χ2v) is 17.6. The Balaban J connectivity index is 1.16. The van der Waals surface area contributed by atoms with Crippen LogP contribution in [0, 0.1) is 13.8 Å². The SMILES string of the molecule is [2H]c1c([2H])c([2H])c(-c2c(C)c(-c3c([2H])c([2H])c([2H])c([2H])c3[2H])c(N3CN(c4cccc(C(F)(F)c5ccc6c7ccccc7n(-c7cc(C(C)(C)C)ccn7)c6c5)c4)c4ccccc43)c(-c3c([2H])c([2H])c([2H])c([2H])c3[2H])c2C)c([2H])c1[2H]. The smallest absolute Gasteiger partial charge is 0.298 e. The number of para-hydroxylation sites is 3. The molecule has 0 bridgehead atoms. The van der Waals surface area contributed by atoms with Crippen LogP contribution in [0.1, 0.15) is 69.1 Å². The number of hydrogen-bond donors (Lipinski definition) is 0. The van der Waals surface area contributed by atoms with Crippen molar-refractivity contribution in [1.29, 1.82) is 0 Å². The molecule has 3 heterocycles. The molecule has 0 aliphatic carbocycles. The van der Waals surface area contributed by atoms with Gasteiger partial charge in [0, 0.05) is 44.9 Å². The number of halogens is 2. The molecule has 8 aromatic carbocycles. The molecular weight excluding hydrogens is 827 g/mol. The summed E-state index contributed by atoms with van der Waals surface area (Å²) >= 11 is 0. The van der Waals surface area contributed by atoms with E-state index in [1.54, 1.807) is 52.4 Å². The van der Waals surface area contributed by atoms with Crippen molar-refractivity contribution in [2.45, 2.75) is 46.0 Å². The Kier molecular flexibility index (Phi) is 6.85. The predicted molar refractivity (Wildman–Crippen MR) is 275 cm³/mol. The lowest BCUT2D eigenvalue weighted by Crippen LogP contribution is -2.26. The lowest BCUT2D eigenvalue weighted by molar-refractivity contribution is 0.0430. The van der Waals surface area contributed by atoms with Gasteiger partial charge in [-0.15, -0.1) is 0 Å². The molecule has 10 aromatic rings. The second kappa shape index (κ2) is 16.2. The van der Waals surface area contributed by atoms with Gasteiger partial charge >= 0.3 is 0 Å². The summed E-state index contributed by atoms with van der Waals surface area (Å²) in [5.74, 6) is -3.04.